The first-order valence-electron chi connectivity index (χ1n) is 4.98. The normalized spacial score (nSPS) is 29.8. The third-order valence-electron chi connectivity index (χ3n) is 3.07. The first kappa shape index (κ1) is 8.89. The molecule has 2 atom stereocenters. The summed E-state index contributed by atoms with van der Waals surface area (Å²) in [6.07, 6.45) is 1.38. The molecule has 0 bridgehead atoms. The van der Waals surface area contributed by atoms with Crippen LogP contribution in [0.4, 0.5) is 0 Å². The van der Waals surface area contributed by atoms with Crippen molar-refractivity contribution in [3.8, 4) is 0 Å². The van der Waals surface area contributed by atoms with E-state index in [9.17, 15) is 0 Å². The van der Waals surface area contributed by atoms with Crippen molar-refractivity contribution >= 4 is 15.9 Å². The highest BCUT2D eigenvalue weighted by atomic mass is 79.9. The number of fused-ring (bicyclic) bond motifs is 3. The zero-order valence-electron chi connectivity index (χ0n) is 7.79. The van der Waals surface area contributed by atoms with E-state index in [1.165, 1.54) is 15.6 Å². The summed E-state index contributed by atoms with van der Waals surface area (Å²) >= 11 is 3.60. The van der Waals surface area contributed by atoms with Crippen LogP contribution in [-0.2, 0) is 11.2 Å². The lowest BCUT2D eigenvalue weighted by Crippen LogP contribution is -2.39. The fourth-order valence-electron chi connectivity index (χ4n) is 2.42. The van der Waals surface area contributed by atoms with E-state index in [1.54, 1.807) is 0 Å². The highest BCUT2D eigenvalue weighted by molar-refractivity contribution is 9.10. The number of morpholine rings is 1. The number of benzene rings is 1. The standard InChI is InChI=1S/C11H12BrNO/c12-9-3-1-2-7-8(9)6-10-11(7)13-4-5-14-10/h1-3,10-11,13H,4-6H2. The fraction of sp³-hybridized carbons (Fsp3) is 0.455. The molecule has 1 fully saturated rings. The summed E-state index contributed by atoms with van der Waals surface area (Å²) in [5.74, 6) is 0. The van der Waals surface area contributed by atoms with Crippen molar-refractivity contribution < 1.29 is 4.74 Å². The molecule has 1 aromatic carbocycles. The minimum atomic E-state index is 0.345. The quantitative estimate of drug-likeness (QED) is 0.764. The molecule has 1 heterocycles. The molecule has 2 aliphatic rings. The van der Waals surface area contributed by atoms with E-state index in [2.05, 4.69) is 39.4 Å². The van der Waals surface area contributed by atoms with Gasteiger partial charge in [-0.05, 0) is 17.2 Å². The van der Waals surface area contributed by atoms with E-state index >= 15 is 0 Å². The topological polar surface area (TPSA) is 21.3 Å². The Morgan fingerprint density at radius 2 is 2.36 bits per heavy atom. The molecule has 0 aromatic heterocycles. The summed E-state index contributed by atoms with van der Waals surface area (Å²) in [7, 11) is 0. The van der Waals surface area contributed by atoms with Crippen molar-refractivity contribution in [2.75, 3.05) is 13.2 Å². The second-order valence-electron chi connectivity index (χ2n) is 3.85. The molecule has 2 nitrogen and oxygen atoms in total. The van der Waals surface area contributed by atoms with Gasteiger partial charge in [-0.25, -0.2) is 0 Å². The van der Waals surface area contributed by atoms with Gasteiger partial charge in [0.1, 0.15) is 0 Å². The van der Waals surface area contributed by atoms with Crippen LogP contribution in [0.3, 0.4) is 0 Å². The Labute approximate surface area is 91.8 Å². The molecular weight excluding hydrogens is 242 g/mol. The van der Waals surface area contributed by atoms with Gasteiger partial charge in [-0.1, -0.05) is 28.1 Å². The summed E-state index contributed by atoms with van der Waals surface area (Å²) < 4.78 is 6.97. The highest BCUT2D eigenvalue weighted by Crippen LogP contribution is 2.38. The number of hydrogen-bond acceptors (Lipinski definition) is 2. The number of ether oxygens (including phenoxy) is 1. The lowest BCUT2D eigenvalue weighted by atomic mass is 10.1. The molecule has 3 heteroatoms. The van der Waals surface area contributed by atoms with Crippen molar-refractivity contribution in [2.45, 2.75) is 18.6 Å². The molecule has 0 spiro atoms. The zero-order valence-corrected chi connectivity index (χ0v) is 9.38. The van der Waals surface area contributed by atoms with Crippen LogP contribution in [0.25, 0.3) is 0 Å². The monoisotopic (exact) mass is 253 g/mol. The maximum atomic E-state index is 5.76. The number of halogens is 1. The van der Waals surface area contributed by atoms with Gasteiger partial charge >= 0.3 is 0 Å². The maximum Gasteiger partial charge on any atom is 0.0811 e. The fourth-order valence-corrected chi connectivity index (χ4v) is 2.97. The predicted molar refractivity (Wildman–Crippen MR) is 58.3 cm³/mol. The van der Waals surface area contributed by atoms with E-state index in [0.29, 0.717) is 12.1 Å². The second kappa shape index (κ2) is 3.33. The van der Waals surface area contributed by atoms with E-state index in [1.807, 2.05) is 0 Å². The smallest absolute Gasteiger partial charge is 0.0811 e. The first-order valence-corrected chi connectivity index (χ1v) is 5.78. The second-order valence-corrected chi connectivity index (χ2v) is 4.71. The van der Waals surface area contributed by atoms with E-state index in [4.69, 9.17) is 4.74 Å². The van der Waals surface area contributed by atoms with Gasteiger partial charge in [0.05, 0.1) is 18.8 Å². The Balaban J connectivity index is 2.05. The summed E-state index contributed by atoms with van der Waals surface area (Å²) in [6, 6.07) is 6.82. The first-order chi connectivity index (χ1) is 6.86. The largest absolute Gasteiger partial charge is 0.375 e. The van der Waals surface area contributed by atoms with Gasteiger partial charge in [0.2, 0.25) is 0 Å². The molecule has 14 heavy (non-hydrogen) atoms. The van der Waals surface area contributed by atoms with E-state index < -0.39 is 0 Å². The van der Waals surface area contributed by atoms with Crippen molar-refractivity contribution in [2.24, 2.45) is 0 Å². The maximum absolute atomic E-state index is 5.76. The summed E-state index contributed by atoms with van der Waals surface area (Å²) in [5.41, 5.74) is 2.82. The molecule has 74 valence electrons. The lowest BCUT2D eigenvalue weighted by molar-refractivity contribution is 0.00500. The zero-order chi connectivity index (χ0) is 9.54. The molecule has 2 unspecified atom stereocenters. The number of hydrogen-bond donors (Lipinski definition) is 1. The van der Waals surface area contributed by atoms with Crippen LogP contribution < -0.4 is 5.32 Å². The van der Waals surface area contributed by atoms with Gasteiger partial charge in [-0.15, -0.1) is 0 Å². The third kappa shape index (κ3) is 1.23. The van der Waals surface area contributed by atoms with Crippen LogP contribution in [0, 0.1) is 0 Å². The molecular formula is C11H12BrNO. The van der Waals surface area contributed by atoms with Gasteiger partial charge < -0.3 is 10.1 Å². The van der Waals surface area contributed by atoms with Crippen molar-refractivity contribution in [3.63, 3.8) is 0 Å². The minimum absolute atomic E-state index is 0.345. The van der Waals surface area contributed by atoms with Gasteiger partial charge in [0.15, 0.2) is 0 Å². The minimum Gasteiger partial charge on any atom is -0.375 e. The summed E-state index contributed by atoms with van der Waals surface area (Å²) in [6.45, 7) is 1.81. The average molecular weight is 254 g/mol. The summed E-state index contributed by atoms with van der Waals surface area (Å²) in [4.78, 5) is 0. The lowest BCUT2D eigenvalue weighted by Gasteiger charge is -2.27. The Morgan fingerprint density at radius 1 is 1.43 bits per heavy atom. The SMILES string of the molecule is Brc1cccc2c1CC1OCCNC21. The molecule has 1 aromatic rings. The Hall–Kier alpha value is -0.380. The van der Waals surface area contributed by atoms with Crippen LogP contribution >= 0.6 is 15.9 Å². The molecule has 0 saturated carbocycles. The summed E-state index contributed by atoms with van der Waals surface area (Å²) in [5, 5.41) is 3.52. The van der Waals surface area contributed by atoms with Crippen molar-refractivity contribution in [1.29, 1.82) is 0 Å². The Bertz CT molecular complexity index is 366. The molecule has 1 N–H and O–H groups in total. The van der Waals surface area contributed by atoms with Crippen molar-refractivity contribution in [1.82, 2.24) is 5.32 Å². The van der Waals surface area contributed by atoms with E-state index in [-0.39, 0.29) is 0 Å². The third-order valence-corrected chi connectivity index (χ3v) is 3.81. The van der Waals surface area contributed by atoms with Crippen LogP contribution in [0.2, 0.25) is 0 Å². The molecule has 0 radical (unpaired) electrons. The number of rotatable bonds is 0. The van der Waals surface area contributed by atoms with Gasteiger partial charge in [-0.3, -0.25) is 0 Å². The number of nitrogens with one attached hydrogen (secondary N) is 1. The molecule has 0 amide bonds. The Kier molecular flexibility index (Phi) is 2.11. The highest BCUT2D eigenvalue weighted by Gasteiger charge is 2.35. The Morgan fingerprint density at radius 3 is 3.29 bits per heavy atom. The van der Waals surface area contributed by atoms with Gasteiger partial charge in [0.25, 0.3) is 0 Å². The molecule has 1 aliphatic carbocycles. The molecule has 1 saturated heterocycles. The predicted octanol–water partition coefficient (Wildman–Crippen LogP) is 2.03. The van der Waals surface area contributed by atoms with Crippen LogP contribution in [0.15, 0.2) is 22.7 Å². The van der Waals surface area contributed by atoms with Gasteiger partial charge in [0, 0.05) is 17.4 Å². The molecule has 3 rings (SSSR count). The van der Waals surface area contributed by atoms with Crippen LogP contribution in [0.5, 0.6) is 0 Å². The van der Waals surface area contributed by atoms with Crippen molar-refractivity contribution in [3.05, 3.63) is 33.8 Å². The molecule has 1 aliphatic heterocycles. The van der Waals surface area contributed by atoms with Gasteiger partial charge in [-0.2, -0.15) is 0 Å². The van der Waals surface area contributed by atoms with E-state index in [0.717, 1.165) is 19.6 Å². The van der Waals surface area contributed by atoms with Crippen LogP contribution in [0.1, 0.15) is 17.2 Å². The average Bonchev–Trinajstić information content (AvgIpc) is 2.59. The van der Waals surface area contributed by atoms with Crippen LogP contribution in [-0.4, -0.2) is 19.3 Å².